The van der Waals surface area contributed by atoms with Crippen LogP contribution < -0.4 is 24.4 Å². The van der Waals surface area contributed by atoms with E-state index in [-0.39, 0.29) is 24.4 Å². The Bertz CT molecular complexity index is 1490. The van der Waals surface area contributed by atoms with Crippen LogP contribution in [-0.2, 0) is 0 Å². The first kappa shape index (κ1) is 22.8. The van der Waals surface area contributed by atoms with Crippen LogP contribution in [0, 0.1) is 0 Å². The van der Waals surface area contributed by atoms with Gasteiger partial charge in [-0.25, -0.2) is 0 Å². The summed E-state index contributed by atoms with van der Waals surface area (Å²) in [4.78, 5) is 30.8. The average Bonchev–Trinajstić information content (AvgIpc) is 3.57. The fraction of sp³-hybridized carbons (Fsp3) is 0.214. The number of fused-ring (bicyclic) bond motifs is 2. The number of para-hydroxylation sites is 3. The van der Waals surface area contributed by atoms with Crippen molar-refractivity contribution in [1.29, 1.82) is 0 Å². The van der Waals surface area contributed by atoms with E-state index in [0.717, 1.165) is 11.4 Å². The van der Waals surface area contributed by atoms with Crippen LogP contribution in [0.4, 0.5) is 11.4 Å². The number of piperazine rings is 1. The van der Waals surface area contributed by atoms with Gasteiger partial charge in [0.15, 0.2) is 11.5 Å². The molecule has 0 radical (unpaired) electrons. The standard InChI is InChI=1S/C28H25N3O6/c1-34-22-9-5-3-7-20(22)30-12-14-31(15-13-30)28(33)26-25(19-6-2-4-8-21(19)37-26)29-27(32)18-10-11-23-24(16-18)36-17-35-23/h2-11,16H,12-15,17H2,1H3,(H,29,32). The first-order valence-electron chi connectivity index (χ1n) is 12.0. The molecule has 0 spiro atoms. The van der Waals surface area contributed by atoms with Crippen molar-refractivity contribution in [3.8, 4) is 17.2 Å². The number of anilines is 2. The van der Waals surface area contributed by atoms with E-state index >= 15 is 0 Å². The fourth-order valence-electron chi connectivity index (χ4n) is 4.73. The Hall–Kier alpha value is -4.66. The van der Waals surface area contributed by atoms with Gasteiger partial charge in [-0.15, -0.1) is 0 Å². The molecule has 2 aliphatic rings. The van der Waals surface area contributed by atoms with Gasteiger partial charge in [-0.3, -0.25) is 9.59 Å². The van der Waals surface area contributed by atoms with Crippen LogP contribution in [0.3, 0.4) is 0 Å². The van der Waals surface area contributed by atoms with Crippen molar-refractivity contribution in [2.24, 2.45) is 0 Å². The minimum absolute atomic E-state index is 0.112. The molecule has 1 aromatic heterocycles. The molecule has 0 aliphatic carbocycles. The fourth-order valence-corrected chi connectivity index (χ4v) is 4.73. The Morgan fingerprint density at radius 3 is 2.49 bits per heavy atom. The number of carbonyl (C=O) groups excluding carboxylic acids is 2. The highest BCUT2D eigenvalue weighted by Crippen LogP contribution is 2.35. The van der Waals surface area contributed by atoms with Gasteiger partial charge >= 0.3 is 0 Å². The van der Waals surface area contributed by atoms with Gasteiger partial charge < -0.3 is 33.7 Å². The van der Waals surface area contributed by atoms with E-state index in [4.69, 9.17) is 18.6 Å². The number of nitrogens with one attached hydrogen (secondary N) is 1. The molecule has 0 unspecified atom stereocenters. The van der Waals surface area contributed by atoms with Crippen molar-refractivity contribution < 1.29 is 28.2 Å². The lowest BCUT2D eigenvalue weighted by molar-refractivity contribution is 0.0718. The maximum absolute atomic E-state index is 13.6. The summed E-state index contributed by atoms with van der Waals surface area (Å²) < 4.78 is 22.2. The summed E-state index contributed by atoms with van der Waals surface area (Å²) in [5.74, 6) is 1.37. The summed E-state index contributed by atoms with van der Waals surface area (Å²) in [7, 11) is 1.65. The van der Waals surface area contributed by atoms with Crippen LogP contribution in [0.15, 0.2) is 71.1 Å². The van der Waals surface area contributed by atoms with Gasteiger partial charge in [0, 0.05) is 37.1 Å². The minimum atomic E-state index is -0.375. The van der Waals surface area contributed by atoms with Crippen LogP contribution in [0.25, 0.3) is 11.0 Å². The molecule has 2 amide bonds. The molecule has 1 fully saturated rings. The van der Waals surface area contributed by atoms with Crippen LogP contribution in [-0.4, -0.2) is 56.8 Å². The molecule has 0 saturated carbocycles. The smallest absolute Gasteiger partial charge is 0.291 e. The third-order valence-corrected chi connectivity index (χ3v) is 6.66. The lowest BCUT2D eigenvalue weighted by Crippen LogP contribution is -2.49. The highest BCUT2D eigenvalue weighted by Gasteiger charge is 2.30. The molecule has 2 aliphatic heterocycles. The first-order chi connectivity index (χ1) is 18.1. The van der Waals surface area contributed by atoms with Crippen molar-refractivity contribution in [2.45, 2.75) is 0 Å². The predicted octanol–water partition coefficient (Wildman–Crippen LogP) is 4.38. The van der Waals surface area contributed by atoms with E-state index in [0.29, 0.717) is 59.9 Å². The van der Waals surface area contributed by atoms with Crippen molar-refractivity contribution >= 4 is 34.2 Å². The van der Waals surface area contributed by atoms with Gasteiger partial charge in [-0.1, -0.05) is 24.3 Å². The topological polar surface area (TPSA) is 93.5 Å². The van der Waals surface area contributed by atoms with E-state index in [1.54, 1.807) is 36.3 Å². The van der Waals surface area contributed by atoms with Crippen molar-refractivity contribution in [3.63, 3.8) is 0 Å². The van der Waals surface area contributed by atoms with Gasteiger partial charge in [0.25, 0.3) is 11.8 Å². The number of nitrogens with zero attached hydrogens (tertiary/aromatic N) is 2. The number of hydrogen-bond donors (Lipinski definition) is 1. The molecular formula is C28H25N3O6. The van der Waals surface area contributed by atoms with Crippen molar-refractivity contribution in [1.82, 2.24) is 4.90 Å². The maximum atomic E-state index is 13.6. The van der Waals surface area contributed by atoms with Crippen molar-refractivity contribution in [2.75, 3.05) is 50.3 Å². The summed E-state index contributed by atoms with van der Waals surface area (Å²) in [6.07, 6.45) is 0. The number of furan rings is 1. The molecule has 9 nitrogen and oxygen atoms in total. The van der Waals surface area contributed by atoms with E-state index in [1.165, 1.54) is 0 Å². The predicted molar refractivity (Wildman–Crippen MR) is 138 cm³/mol. The van der Waals surface area contributed by atoms with Crippen LogP contribution in [0.2, 0.25) is 0 Å². The average molecular weight is 500 g/mol. The Kier molecular flexibility index (Phi) is 5.80. The summed E-state index contributed by atoms with van der Waals surface area (Å²) in [5.41, 5.74) is 2.27. The second-order valence-electron chi connectivity index (χ2n) is 8.78. The Balaban J connectivity index is 1.24. The highest BCUT2D eigenvalue weighted by atomic mass is 16.7. The summed E-state index contributed by atoms with van der Waals surface area (Å²) in [6, 6.07) is 20.1. The lowest BCUT2D eigenvalue weighted by Gasteiger charge is -2.36. The zero-order valence-electron chi connectivity index (χ0n) is 20.2. The molecule has 1 N–H and O–H groups in total. The molecule has 6 rings (SSSR count). The molecule has 0 atom stereocenters. The van der Waals surface area contributed by atoms with Gasteiger partial charge in [0.05, 0.1) is 12.8 Å². The largest absolute Gasteiger partial charge is 0.495 e. The second kappa shape index (κ2) is 9.42. The van der Waals surface area contributed by atoms with Crippen molar-refractivity contribution in [3.05, 3.63) is 78.1 Å². The quantitative estimate of drug-likeness (QED) is 0.435. The van der Waals surface area contributed by atoms with E-state index < -0.39 is 0 Å². The molecule has 1 saturated heterocycles. The van der Waals surface area contributed by atoms with Gasteiger partial charge in [-0.05, 0) is 42.5 Å². The number of hydrogen-bond acceptors (Lipinski definition) is 7. The van der Waals surface area contributed by atoms with E-state index in [9.17, 15) is 9.59 Å². The molecule has 37 heavy (non-hydrogen) atoms. The molecule has 188 valence electrons. The lowest BCUT2D eigenvalue weighted by atomic mass is 10.1. The normalized spacial score (nSPS) is 14.6. The Morgan fingerprint density at radius 1 is 0.892 bits per heavy atom. The Morgan fingerprint density at radius 2 is 1.65 bits per heavy atom. The number of carbonyl (C=O) groups is 2. The third kappa shape index (κ3) is 4.18. The van der Waals surface area contributed by atoms with Crippen LogP contribution in [0.1, 0.15) is 20.9 Å². The minimum Gasteiger partial charge on any atom is -0.495 e. The first-order valence-corrected chi connectivity index (χ1v) is 12.0. The zero-order chi connectivity index (χ0) is 25.4. The van der Waals surface area contributed by atoms with Gasteiger partial charge in [0.2, 0.25) is 12.6 Å². The molecular weight excluding hydrogens is 474 g/mol. The Labute approximate surface area is 213 Å². The summed E-state index contributed by atoms with van der Waals surface area (Å²) >= 11 is 0. The molecule has 0 bridgehead atoms. The third-order valence-electron chi connectivity index (χ3n) is 6.66. The van der Waals surface area contributed by atoms with E-state index in [1.807, 2.05) is 42.5 Å². The molecule has 3 aromatic carbocycles. The monoisotopic (exact) mass is 499 g/mol. The van der Waals surface area contributed by atoms with Gasteiger partial charge in [0.1, 0.15) is 17.0 Å². The van der Waals surface area contributed by atoms with Crippen LogP contribution in [0.5, 0.6) is 17.2 Å². The number of benzene rings is 3. The van der Waals surface area contributed by atoms with Gasteiger partial charge in [-0.2, -0.15) is 0 Å². The SMILES string of the molecule is COc1ccccc1N1CCN(C(=O)c2oc3ccccc3c2NC(=O)c2ccc3c(c2)OCO3)CC1. The highest BCUT2D eigenvalue weighted by molar-refractivity contribution is 6.14. The maximum Gasteiger partial charge on any atom is 0.291 e. The molecule has 3 heterocycles. The number of ether oxygens (including phenoxy) is 3. The second-order valence-corrected chi connectivity index (χ2v) is 8.78. The number of methoxy groups -OCH3 is 1. The molecule has 9 heteroatoms. The van der Waals surface area contributed by atoms with E-state index in [2.05, 4.69) is 10.2 Å². The number of amides is 2. The van der Waals surface area contributed by atoms with Crippen LogP contribution >= 0.6 is 0 Å². The summed E-state index contributed by atoms with van der Waals surface area (Å²) in [6.45, 7) is 2.42. The number of rotatable bonds is 5. The molecule has 4 aromatic rings. The summed E-state index contributed by atoms with van der Waals surface area (Å²) in [5, 5.41) is 3.57. The zero-order valence-corrected chi connectivity index (χ0v) is 20.2.